The van der Waals surface area contributed by atoms with E-state index in [4.69, 9.17) is 9.78 Å². The molecule has 0 saturated carbocycles. The summed E-state index contributed by atoms with van der Waals surface area (Å²) in [4.78, 5) is 20.7. The van der Waals surface area contributed by atoms with Crippen LogP contribution in [0.2, 0.25) is 0 Å². The molecule has 0 N–H and O–H groups in total. The van der Waals surface area contributed by atoms with Crippen LogP contribution in [0.15, 0.2) is 0 Å². The van der Waals surface area contributed by atoms with Crippen molar-refractivity contribution in [1.29, 1.82) is 0 Å². The average Bonchev–Trinajstić information content (AvgIpc) is 2.28. The van der Waals surface area contributed by atoms with Crippen LogP contribution >= 0.6 is 11.8 Å². The number of methoxy groups -OCH3 is 1. The van der Waals surface area contributed by atoms with Crippen LogP contribution < -0.4 is 0 Å². The summed E-state index contributed by atoms with van der Waals surface area (Å²) in [7, 11) is 1.36. The number of thioether (sulfide) groups is 1. The van der Waals surface area contributed by atoms with E-state index in [1.807, 2.05) is 6.92 Å². The van der Waals surface area contributed by atoms with Gasteiger partial charge in [-0.15, -0.1) is 11.8 Å². The third kappa shape index (κ3) is 0.739. The lowest BCUT2D eigenvalue weighted by Crippen LogP contribution is -2.65. The lowest BCUT2D eigenvalue weighted by atomic mass is 9.93. The van der Waals surface area contributed by atoms with E-state index in [-0.39, 0.29) is 5.97 Å². The first-order chi connectivity index (χ1) is 5.65. The highest BCUT2D eigenvalue weighted by Gasteiger charge is 2.70. The van der Waals surface area contributed by atoms with Gasteiger partial charge in [-0.1, -0.05) is 0 Å². The Hall–Kier alpha value is -0.260. The van der Waals surface area contributed by atoms with Gasteiger partial charge in [0, 0.05) is 6.42 Å². The number of hydrogen-bond donors (Lipinski definition) is 0. The zero-order valence-corrected chi connectivity index (χ0v) is 7.77. The number of carbonyl (C=O) groups excluding carboxylic acids is 1. The molecule has 5 heteroatoms. The molecule has 12 heavy (non-hydrogen) atoms. The number of ether oxygens (including phenoxy) is 1. The number of rotatable bonds is 1. The van der Waals surface area contributed by atoms with Crippen molar-refractivity contribution in [2.45, 2.75) is 23.9 Å². The molecule has 2 atom stereocenters. The molecule has 68 valence electrons. The normalized spacial score (nSPS) is 44.8. The van der Waals surface area contributed by atoms with Crippen LogP contribution in [0.4, 0.5) is 0 Å². The molecule has 2 heterocycles. The van der Waals surface area contributed by atoms with E-state index in [0.717, 1.165) is 5.75 Å². The summed E-state index contributed by atoms with van der Waals surface area (Å²) in [6.45, 7) is 1.85. The Morgan fingerprint density at radius 3 is 2.75 bits per heavy atom. The van der Waals surface area contributed by atoms with Gasteiger partial charge in [-0.25, -0.2) is 14.6 Å². The zero-order valence-electron chi connectivity index (χ0n) is 6.96. The monoisotopic (exact) mass is 190 g/mol. The molecule has 0 unspecified atom stereocenters. The first-order valence-electron chi connectivity index (χ1n) is 3.74. The van der Waals surface area contributed by atoms with E-state index in [0.29, 0.717) is 6.42 Å². The van der Waals surface area contributed by atoms with E-state index in [9.17, 15) is 4.79 Å². The van der Waals surface area contributed by atoms with Crippen LogP contribution in [0.3, 0.4) is 0 Å². The van der Waals surface area contributed by atoms with Crippen molar-refractivity contribution in [3.8, 4) is 0 Å². The molecule has 2 saturated heterocycles. The number of carbonyl (C=O) groups is 1. The topological polar surface area (TPSA) is 44.8 Å². The Bertz CT molecular complexity index is 231. The molecule has 2 fully saturated rings. The van der Waals surface area contributed by atoms with Gasteiger partial charge < -0.3 is 4.74 Å². The smallest absolute Gasteiger partial charge is 0.345 e. The summed E-state index contributed by atoms with van der Waals surface area (Å²) >= 11 is 1.59. The van der Waals surface area contributed by atoms with Crippen molar-refractivity contribution in [2.75, 3.05) is 12.9 Å². The molecule has 0 aromatic heterocycles. The summed E-state index contributed by atoms with van der Waals surface area (Å²) in [5.74, 6) is 0.534. The molecule has 0 aliphatic carbocycles. The molecule has 0 radical (unpaired) electrons. The Morgan fingerprint density at radius 1 is 1.58 bits per heavy atom. The highest BCUT2D eigenvalue weighted by Crippen LogP contribution is 2.56. The Balaban J connectivity index is 2.26. The second kappa shape index (κ2) is 2.37. The van der Waals surface area contributed by atoms with Crippen LogP contribution in [-0.2, 0) is 19.3 Å². The van der Waals surface area contributed by atoms with Gasteiger partial charge in [0.05, 0.1) is 7.11 Å². The highest BCUT2D eigenvalue weighted by molar-refractivity contribution is 8.00. The summed E-state index contributed by atoms with van der Waals surface area (Å²) < 4.78 is 4.67. The van der Waals surface area contributed by atoms with Crippen molar-refractivity contribution in [3.63, 3.8) is 0 Å². The van der Waals surface area contributed by atoms with Crippen LogP contribution in [0, 0.1) is 0 Å². The fraction of sp³-hybridized carbons (Fsp3) is 0.857. The third-order valence-corrected chi connectivity index (χ3v) is 3.78. The third-order valence-electron chi connectivity index (χ3n) is 2.42. The predicted octanol–water partition coefficient (Wildman–Crippen LogP) is 0.713. The molecule has 2 aliphatic heterocycles. The lowest BCUT2D eigenvalue weighted by molar-refractivity contribution is -0.503. The molecule has 2 aliphatic rings. The van der Waals surface area contributed by atoms with Crippen LogP contribution in [0.5, 0.6) is 0 Å². The van der Waals surface area contributed by atoms with Gasteiger partial charge in [0.15, 0.2) is 4.93 Å². The fourth-order valence-corrected chi connectivity index (χ4v) is 2.86. The summed E-state index contributed by atoms with van der Waals surface area (Å²) in [6, 6.07) is 0. The Kier molecular flexibility index (Phi) is 1.65. The minimum Gasteiger partial charge on any atom is -0.467 e. The number of esters is 1. The van der Waals surface area contributed by atoms with Crippen LogP contribution in [0.1, 0.15) is 13.3 Å². The minimum atomic E-state index is -0.841. The molecule has 0 aromatic carbocycles. The van der Waals surface area contributed by atoms with Gasteiger partial charge in [-0.3, -0.25) is 0 Å². The molecule has 0 bridgehead atoms. The average molecular weight is 190 g/mol. The zero-order chi connectivity index (χ0) is 8.82. The molecule has 2 rings (SSSR count). The summed E-state index contributed by atoms with van der Waals surface area (Å²) in [5.41, 5.74) is -0.841. The molecular formula is C7H10O4S. The minimum absolute atomic E-state index is 0.332. The maximum Gasteiger partial charge on any atom is 0.345 e. The second-order valence-corrected chi connectivity index (χ2v) is 4.51. The lowest BCUT2D eigenvalue weighted by Gasteiger charge is -2.46. The standard InChI is InChI=1S/C7H10O4S/c1-6-7(11-10-6,3-4-12-6)5(8)9-2/h3-4H2,1-2H3/t6-,7-/m0/s1. The molecule has 0 spiro atoms. The fourth-order valence-electron chi connectivity index (χ4n) is 1.54. The van der Waals surface area contributed by atoms with Gasteiger partial charge in [0.25, 0.3) is 0 Å². The first-order valence-corrected chi connectivity index (χ1v) is 4.72. The van der Waals surface area contributed by atoms with Gasteiger partial charge in [-0.05, 0) is 12.7 Å². The van der Waals surface area contributed by atoms with E-state index in [2.05, 4.69) is 4.74 Å². The van der Waals surface area contributed by atoms with Crippen molar-refractivity contribution in [1.82, 2.24) is 0 Å². The Labute approximate surface area is 74.5 Å². The summed E-state index contributed by atoms with van der Waals surface area (Å²) in [6.07, 6.45) is 0.668. The van der Waals surface area contributed by atoms with Crippen LogP contribution in [-0.4, -0.2) is 29.4 Å². The first kappa shape index (κ1) is 8.34. The molecule has 0 aromatic rings. The maximum absolute atomic E-state index is 11.4. The molecule has 0 amide bonds. The second-order valence-electron chi connectivity index (χ2n) is 3.03. The number of fused-ring (bicyclic) bond motifs is 1. The predicted molar refractivity (Wildman–Crippen MR) is 42.4 cm³/mol. The summed E-state index contributed by atoms with van der Waals surface area (Å²) in [5, 5.41) is 0. The van der Waals surface area contributed by atoms with E-state index in [1.54, 1.807) is 11.8 Å². The van der Waals surface area contributed by atoms with E-state index < -0.39 is 10.5 Å². The van der Waals surface area contributed by atoms with Crippen molar-refractivity contribution in [3.05, 3.63) is 0 Å². The van der Waals surface area contributed by atoms with E-state index >= 15 is 0 Å². The van der Waals surface area contributed by atoms with Gasteiger partial charge in [0.2, 0.25) is 5.60 Å². The van der Waals surface area contributed by atoms with Crippen molar-refractivity contribution >= 4 is 17.7 Å². The quantitative estimate of drug-likeness (QED) is 0.450. The highest BCUT2D eigenvalue weighted by atomic mass is 32.2. The van der Waals surface area contributed by atoms with Crippen molar-refractivity contribution in [2.24, 2.45) is 0 Å². The Morgan fingerprint density at radius 2 is 2.33 bits per heavy atom. The maximum atomic E-state index is 11.4. The van der Waals surface area contributed by atoms with Gasteiger partial charge >= 0.3 is 5.97 Å². The van der Waals surface area contributed by atoms with Gasteiger partial charge in [0.1, 0.15) is 0 Å². The van der Waals surface area contributed by atoms with Crippen LogP contribution in [0.25, 0.3) is 0 Å². The SMILES string of the molecule is COC(=O)[C@@]12CCS[C@]1(C)OO2. The molecule has 4 nitrogen and oxygen atoms in total. The van der Waals surface area contributed by atoms with Crippen molar-refractivity contribution < 1.29 is 19.3 Å². The number of hydrogen-bond acceptors (Lipinski definition) is 5. The largest absolute Gasteiger partial charge is 0.467 e. The van der Waals surface area contributed by atoms with Gasteiger partial charge in [-0.2, -0.15) is 0 Å². The van der Waals surface area contributed by atoms with E-state index in [1.165, 1.54) is 7.11 Å². The molecular weight excluding hydrogens is 180 g/mol.